The van der Waals surface area contributed by atoms with Crippen molar-refractivity contribution < 1.29 is 23.9 Å². The molecule has 1 aromatic carbocycles. The van der Waals surface area contributed by atoms with Crippen molar-refractivity contribution in [2.45, 2.75) is 78.0 Å². The Morgan fingerprint density at radius 3 is 2.46 bits per heavy atom. The van der Waals surface area contributed by atoms with Gasteiger partial charge in [0.1, 0.15) is 17.7 Å². The van der Waals surface area contributed by atoms with Crippen molar-refractivity contribution in [3.8, 4) is 0 Å². The lowest BCUT2D eigenvalue weighted by atomic mass is 10.00. The molecule has 0 saturated heterocycles. The maximum atomic E-state index is 13.8. The maximum absolute atomic E-state index is 13.8. The third-order valence-electron chi connectivity index (χ3n) is 5.02. The minimum absolute atomic E-state index is 0.0426. The molecule has 2 atom stereocenters. The summed E-state index contributed by atoms with van der Waals surface area (Å²) in [7, 11) is 0. The van der Waals surface area contributed by atoms with Crippen LogP contribution in [0.3, 0.4) is 0 Å². The number of nitrogens with two attached hydrogens (primary N) is 1. The highest BCUT2D eigenvalue weighted by molar-refractivity contribution is 5.92. The van der Waals surface area contributed by atoms with Crippen LogP contribution in [0, 0.1) is 6.92 Å². The lowest BCUT2D eigenvalue weighted by Crippen LogP contribution is -2.53. The Bertz CT molecular complexity index is 894. The molecule has 0 spiro atoms. The first-order valence-corrected chi connectivity index (χ1v) is 11.9. The van der Waals surface area contributed by atoms with E-state index in [1.165, 1.54) is 11.0 Å². The van der Waals surface area contributed by atoms with Crippen molar-refractivity contribution in [1.82, 2.24) is 15.5 Å². The van der Waals surface area contributed by atoms with Crippen molar-refractivity contribution in [2.75, 3.05) is 13.1 Å². The molecule has 1 rings (SSSR count). The number of carbonyl (C=O) groups is 4. The summed E-state index contributed by atoms with van der Waals surface area (Å²) in [5.74, 6) is -1.50. The molecule has 1 aromatic rings. The van der Waals surface area contributed by atoms with E-state index in [1.807, 2.05) is 32.0 Å². The van der Waals surface area contributed by atoms with Gasteiger partial charge in [0.05, 0.1) is 0 Å². The average molecular weight is 489 g/mol. The van der Waals surface area contributed by atoms with Crippen LogP contribution in [0.15, 0.2) is 36.9 Å². The number of nitrogens with zero attached hydrogens (tertiary/aromatic N) is 1. The maximum Gasteiger partial charge on any atom is 0.408 e. The van der Waals surface area contributed by atoms with Crippen LogP contribution in [0.2, 0.25) is 0 Å². The molecule has 0 bridgehead atoms. The van der Waals surface area contributed by atoms with E-state index in [0.29, 0.717) is 12.1 Å². The Morgan fingerprint density at radius 1 is 1.23 bits per heavy atom. The van der Waals surface area contributed by atoms with E-state index in [9.17, 15) is 19.2 Å². The van der Waals surface area contributed by atoms with Gasteiger partial charge in [-0.25, -0.2) is 4.79 Å². The largest absolute Gasteiger partial charge is 0.444 e. The van der Waals surface area contributed by atoms with Gasteiger partial charge in [0.2, 0.25) is 17.7 Å². The predicted molar refractivity (Wildman–Crippen MR) is 135 cm³/mol. The number of ether oxygens (including phenoxy) is 1. The zero-order chi connectivity index (χ0) is 26.6. The van der Waals surface area contributed by atoms with Gasteiger partial charge in [-0.3, -0.25) is 14.4 Å². The van der Waals surface area contributed by atoms with Crippen LogP contribution < -0.4 is 16.4 Å². The zero-order valence-electron chi connectivity index (χ0n) is 21.6. The van der Waals surface area contributed by atoms with Gasteiger partial charge in [0.25, 0.3) is 0 Å². The molecule has 0 aromatic heterocycles. The summed E-state index contributed by atoms with van der Waals surface area (Å²) in [6.07, 6.45) is 2.23. The first kappa shape index (κ1) is 29.7. The van der Waals surface area contributed by atoms with E-state index >= 15 is 0 Å². The van der Waals surface area contributed by atoms with Crippen LogP contribution in [0.25, 0.3) is 0 Å². The molecule has 0 radical (unpaired) electrons. The second-order valence-electron chi connectivity index (χ2n) is 9.44. The summed E-state index contributed by atoms with van der Waals surface area (Å²) in [6.45, 7) is 13.3. The summed E-state index contributed by atoms with van der Waals surface area (Å²) < 4.78 is 5.30. The first-order chi connectivity index (χ1) is 16.4. The fourth-order valence-electron chi connectivity index (χ4n) is 3.45. The van der Waals surface area contributed by atoms with E-state index in [4.69, 9.17) is 10.5 Å². The molecule has 0 aliphatic carbocycles. The highest BCUT2D eigenvalue weighted by Crippen LogP contribution is 2.24. The Kier molecular flexibility index (Phi) is 12.0. The van der Waals surface area contributed by atoms with Gasteiger partial charge in [-0.15, -0.1) is 6.58 Å². The Balaban J connectivity index is 3.39. The van der Waals surface area contributed by atoms with Gasteiger partial charge in [-0.1, -0.05) is 49.2 Å². The molecule has 2 unspecified atom stereocenters. The minimum atomic E-state index is -1.13. The molecule has 0 fully saturated rings. The summed E-state index contributed by atoms with van der Waals surface area (Å²) in [4.78, 5) is 52.4. The number of unbranched alkanes of at least 4 members (excludes halogenated alkanes) is 1. The lowest BCUT2D eigenvalue weighted by molar-refractivity contribution is -0.142. The van der Waals surface area contributed by atoms with Gasteiger partial charge in [-0.05, 0) is 46.1 Å². The molecule has 0 aliphatic rings. The number of amides is 4. The van der Waals surface area contributed by atoms with Crippen LogP contribution in [0.5, 0.6) is 0 Å². The Hall–Kier alpha value is -3.36. The van der Waals surface area contributed by atoms with Crippen LogP contribution >= 0.6 is 0 Å². The van der Waals surface area contributed by atoms with Crippen LogP contribution in [0.4, 0.5) is 4.79 Å². The number of rotatable bonds is 13. The number of alkyl carbamates (subject to hydrolysis) is 1. The molecule has 0 saturated carbocycles. The Labute approximate surface area is 208 Å². The Morgan fingerprint density at radius 2 is 1.91 bits per heavy atom. The van der Waals surface area contributed by atoms with Crippen molar-refractivity contribution in [3.63, 3.8) is 0 Å². The predicted octanol–water partition coefficient (Wildman–Crippen LogP) is 3.13. The molecule has 4 N–H and O–H groups in total. The standard InChI is InChI=1S/C26H40N4O5/c1-7-9-15-28-23(32)22(19-12-10-11-18(3)17-19)30(16-8-2)24(33)20(13-14-21(27)31)29-25(34)35-26(4,5)6/h8,10-12,17,20,22H,2,7,9,13-16H2,1,3-6H3,(H2,27,31)(H,28,32)(H,29,34). The van der Waals surface area contributed by atoms with E-state index in [1.54, 1.807) is 26.8 Å². The summed E-state index contributed by atoms with van der Waals surface area (Å²) in [6, 6.07) is 5.24. The number of primary amides is 1. The molecule has 194 valence electrons. The smallest absolute Gasteiger partial charge is 0.408 e. The van der Waals surface area contributed by atoms with E-state index in [-0.39, 0.29) is 25.3 Å². The number of benzene rings is 1. The van der Waals surface area contributed by atoms with E-state index in [0.717, 1.165) is 18.4 Å². The second kappa shape index (κ2) is 14.1. The quantitative estimate of drug-likeness (QED) is 0.290. The third kappa shape index (κ3) is 10.6. The number of nitrogens with one attached hydrogen (secondary N) is 2. The molecule has 9 nitrogen and oxygen atoms in total. The third-order valence-corrected chi connectivity index (χ3v) is 5.02. The fourth-order valence-corrected chi connectivity index (χ4v) is 3.45. The van der Waals surface area contributed by atoms with Crippen molar-refractivity contribution in [3.05, 3.63) is 48.0 Å². The fraction of sp³-hybridized carbons (Fsp3) is 0.538. The molecular weight excluding hydrogens is 448 g/mol. The second-order valence-corrected chi connectivity index (χ2v) is 9.44. The zero-order valence-corrected chi connectivity index (χ0v) is 21.6. The minimum Gasteiger partial charge on any atom is -0.444 e. The number of hydrogen-bond donors (Lipinski definition) is 3. The van der Waals surface area contributed by atoms with Crippen molar-refractivity contribution in [2.24, 2.45) is 5.73 Å². The SMILES string of the molecule is C=CCN(C(=O)C(CCC(N)=O)NC(=O)OC(C)(C)C)C(C(=O)NCCCC)c1cccc(C)c1. The molecule has 0 heterocycles. The van der Waals surface area contributed by atoms with E-state index in [2.05, 4.69) is 17.2 Å². The highest BCUT2D eigenvalue weighted by atomic mass is 16.6. The topological polar surface area (TPSA) is 131 Å². The van der Waals surface area contributed by atoms with Crippen molar-refractivity contribution in [1.29, 1.82) is 0 Å². The first-order valence-electron chi connectivity index (χ1n) is 11.9. The normalized spacial score (nSPS) is 12.7. The van der Waals surface area contributed by atoms with Gasteiger partial charge >= 0.3 is 6.09 Å². The number of aryl methyl sites for hydroxylation is 1. The van der Waals surface area contributed by atoms with Gasteiger partial charge in [-0.2, -0.15) is 0 Å². The molecule has 4 amide bonds. The molecular formula is C26H40N4O5. The van der Waals surface area contributed by atoms with Crippen LogP contribution in [-0.4, -0.2) is 53.4 Å². The van der Waals surface area contributed by atoms with Gasteiger partial charge < -0.3 is 26.0 Å². The summed E-state index contributed by atoms with van der Waals surface area (Å²) in [5, 5.41) is 5.45. The molecule has 0 aliphatic heterocycles. The van der Waals surface area contributed by atoms with Crippen LogP contribution in [-0.2, 0) is 19.1 Å². The summed E-state index contributed by atoms with van der Waals surface area (Å²) >= 11 is 0. The van der Waals surface area contributed by atoms with Gasteiger partial charge in [0, 0.05) is 19.5 Å². The number of carbonyl (C=O) groups excluding carboxylic acids is 4. The monoisotopic (exact) mass is 488 g/mol. The van der Waals surface area contributed by atoms with Crippen LogP contribution in [0.1, 0.15) is 70.5 Å². The van der Waals surface area contributed by atoms with E-state index < -0.39 is 35.6 Å². The number of hydrogen-bond acceptors (Lipinski definition) is 5. The average Bonchev–Trinajstić information content (AvgIpc) is 2.74. The summed E-state index contributed by atoms with van der Waals surface area (Å²) in [5.41, 5.74) is 6.07. The highest BCUT2D eigenvalue weighted by Gasteiger charge is 2.35. The van der Waals surface area contributed by atoms with Crippen molar-refractivity contribution >= 4 is 23.8 Å². The lowest BCUT2D eigenvalue weighted by Gasteiger charge is -2.34. The van der Waals surface area contributed by atoms with Gasteiger partial charge in [0.15, 0.2) is 0 Å². The molecule has 35 heavy (non-hydrogen) atoms. The molecule has 9 heteroatoms.